The number of benzene rings is 1. The lowest BCUT2D eigenvalue weighted by Crippen LogP contribution is -2.34. The summed E-state index contributed by atoms with van der Waals surface area (Å²) in [5, 5.41) is 2.83. The topological polar surface area (TPSA) is 89.3 Å². The fourth-order valence-electron chi connectivity index (χ4n) is 1.61. The number of nitrogens with one attached hydrogen (secondary N) is 1. The molecule has 0 saturated carbocycles. The van der Waals surface area contributed by atoms with Gasteiger partial charge in [0.25, 0.3) is 5.91 Å². The lowest BCUT2D eigenvalue weighted by Gasteiger charge is -2.14. The molecule has 1 atom stereocenters. The first-order valence-corrected chi connectivity index (χ1v) is 9.28. The quantitative estimate of drug-likeness (QED) is 0.777. The molecule has 1 aromatic carbocycles. The second-order valence-corrected chi connectivity index (χ2v) is 7.93. The molecule has 0 heterocycles. The van der Waals surface area contributed by atoms with E-state index in [0.717, 1.165) is 17.8 Å². The summed E-state index contributed by atoms with van der Waals surface area (Å²) in [6.45, 7) is 3.96. The zero-order valence-electron chi connectivity index (χ0n) is 11.8. The van der Waals surface area contributed by atoms with E-state index in [9.17, 15) is 13.2 Å². The van der Waals surface area contributed by atoms with Crippen molar-refractivity contribution in [2.45, 2.75) is 24.8 Å². The molecular formula is C13H20N2O3S2. The van der Waals surface area contributed by atoms with E-state index in [1.807, 2.05) is 6.92 Å². The van der Waals surface area contributed by atoms with E-state index in [0.29, 0.717) is 0 Å². The zero-order chi connectivity index (χ0) is 15.3. The second-order valence-electron chi connectivity index (χ2n) is 4.60. The van der Waals surface area contributed by atoms with Crippen LogP contribution in [-0.4, -0.2) is 38.1 Å². The number of hydrogen-bond donors (Lipinski definition) is 2. The highest BCUT2D eigenvalue weighted by molar-refractivity contribution is 7.99. The van der Waals surface area contributed by atoms with Crippen LogP contribution < -0.4 is 11.1 Å². The third-order valence-electron chi connectivity index (χ3n) is 2.57. The molecule has 1 unspecified atom stereocenters. The van der Waals surface area contributed by atoms with Crippen molar-refractivity contribution in [2.75, 3.05) is 23.5 Å². The predicted octanol–water partition coefficient (Wildman–Crippen LogP) is 1.54. The molecule has 0 bridgehead atoms. The van der Waals surface area contributed by atoms with Crippen molar-refractivity contribution in [3.8, 4) is 0 Å². The summed E-state index contributed by atoms with van der Waals surface area (Å²) in [6.07, 6.45) is 1.09. The van der Waals surface area contributed by atoms with E-state index >= 15 is 0 Å². The van der Waals surface area contributed by atoms with E-state index in [1.165, 1.54) is 18.2 Å². The Hall–Kier alpha value is -1.21. The summed E-state index contributed by atoms with van der Waals surface area (Å²) in [4.78, 5) is 12.1. The molecule has 0 aliphatic heterocycles. The average molecular weight is 316 g/mol. The maximum atomic E-state index is 12.1. The highest BCUT2D eigenvalue weighted by Crippen LogP contribution is 2.17. The van der Waals surface area contributed by atoms with Crippen LogP contribution in [0.4, 0.5) is 5.69 Å². The molecule has 7 heteroatoms. The van der Waals surface area contributed by atoms with Crippen LogP contribution in [0.5, 0.6) is 0 Å². The molecule has 0 aromatic heterocycles. The molecule has 20 heavy (non-hydrogen) atoms. The SMILES string of the molecule is CCSCC(C)NC(=O)c1cc(N)cc(S(C)(=O)=O)c1. The van der Waals surface area contributed by atoms with Crippen LogP contribution in [0.15, 0.2) is 23.1 Å². The van der Waals surface area contributed by atoms with Crippen LogP contribution in [0.3, 0.4) is 0 Å². The number of nitrogen functional groups attached to an aromatic ring is 1. The van der Waals surface area contributed by atoms with Crippen molar-refractivity contribution in [1.82, 2.24) is 5.32 Å². The van der Waals surface area contributed by atoms with Crippen molar-refractivity contribution in [3.63, 3.8) is 0 Å². The number of thioether (sulfide) groups is 1. The number of anilines is 1. The molecule has 5 nitrogen and oxygen atoms in total. The van der Waals surface area contributed by atoms with Crippen LogP contribution in [0.2, 0.25) is 0 Å². The van der Waals surface area contributed by atoms with Gasteiger partial charge < -0.3 is 11.1 Å². The molecule has 112 valence electrons. The van der Waals surface area contributed by atoms with Gasteiger partial charge in [-0.05, 0) is 30.9 Å². The molecule has 0 radical (unpaired) electrons. The molecule has 1 aromatic rings. The Morgan fingerprint density at radius 1 is 1.40 bits per heavy atom. The summed E-state index contributed by atoms with van der Waals surface area (Å²) >= 11 is 1.73. The predicted molar refractivity (Wildman–Crippen MR) is 83.9 cm³/mol. The second kappa shape index (κ2) is 6.99. The van der Waals surface area contributed by atoms with Gasteiger partial charge in [-0.15, -0.1) is 0 Å². The zero-order valence-corrected chi connectivity index (χ0v) is 13.5. The maximum absolute atomic E-state index is 12.1. The van der Waals surface area contributed by atoms with Crippen LogP contribution in [0, 0.1) is 0 Å². The fourth-order valence-corrected chi connectivity index (χ4v) is 2.97. The highest BCUT2D eigenvalue weighted by Gasteiger charge is 2.15. The van der Waals surface area contributed by atoms with Gasteiger partial charge in [0.2, 0.25) is 0 Å². The third kappa shape index (κ3) is 5.05. The van der Waals surface area contributed by atoms with Gasteiger partial charge in [0.05, 0.1) is 4.90 Å². The van der Waals surface area contributed by atoms with E-state index in [1.54, 1.807) is 11.8 Å². The Balaban J connectivity index is 2.91. The number of hydrogen-bond acceptors (Lipinski definition) is 5. The van der Waals surface area contributed by atoms with E-state index in [-0.39, 0.29) is 28.1 Å². The number of sulfone groups is 1. The molecule has 0 aliphatic carbocycles. The number of amides is 1. The monoisotopic (exact) mass is 316 g/mol. The minimum absolute atomic E-state index is 0.00978. The van der Waals surface area contributed by atoms with E-state index in [2.05, 4.69) is 12.2 Å². The van der Waals surface area contributed by atoms with Gasteiger partial charge in [0.15, 0.2) is 9.84 Å². The van der Waals surface area contributed by atoms with Crippen molar-refractivity contribution in [3.05, 3.63) is 23.8 Å². The highest BCUT2D eigenvalue weighted by atomic mass is 32.2. The Bertz CT molecular complexity index is 585. The van der Waals surface area contributed by atoms with Crippen LogP contribution >= 0.6 is 11.8 Å². The molecule has 0 spiro atoms. The molecule has 1 amide bonds. The number of rotatable bonds is 6. The Kier molecular flexibility index (Phi) is 5.88. The van der Waals surface area contributed by atoms with Gasteiger partial charge in [-0.3, -0.25) is 4.79 Å². The minimum Gasteiger partial charge on any atom is -0.399 e. The van der Waals surface area contributed by atoms with Gasteiger partial charge in [0, 0.05) is 29.3 Å². The molecule has 0 saturated heterocycles. The minimum atomic E-state index is -3.39. The lowest BCUT2D eigenvalue weighted by molar-refractivity contribution is 0.0943. The van der Waals surface area contributed by atoms with Crippen LogP contribution in [0.1, 0.15) is 24.2 Å². The summed E-state index contributed by atoms with van der Waals surface area (Å²) in [6, 6.07) is 4.18. The van der Waals surface area contributed by atoms with Crippen molar-refractivity contribution in [1.29, 1.82) is 0 Å². The van der Waals surface area contributed by atoms with Crippen molar-refractivity contribution < 1.29 is 13.2 Å². The summed E-state index contributed by atoms with van der Waals surface area (Å²) in [5.74, 6) is 1.48. The van der Waals surface area contributed by atoms with Crippen LogP contribution in [-0.2, 0) is 9.84 Å². The summed E-state index contributed by atoms with van der Waals surface area (Å²) < 4.78 is 23.1. The third-order valence-corrected chi connectivity index (χ3v) is 4.80. The molecule has 3 N–H and O–H groups in total. The Morgan fingerprint density at radius 2 is 2.05 bits per heavy atom. The number of carbonyl (C=O) groups is 1. The van der Waals surface area contributed by atoms with Gasteiger partial charge in [0.1, 0.15) is 0 Å². The Morgan fingerprint density at radius 3 is 2.60 bits per heavy atom. The van der Waals surface area contributed by atoms with Crippen LogP contribution in [0.25, 0.3) is 0 Å². The number of carbonyl (C=O) groups excluding carboxylic acids is 1. The van der Waals surface area contributed by atoms with Crippen molar-refractivity contribution >= 4 is 33.2 Å². The van der Waals surface area contributed by atoms with Gasteiger partial charge >= 0.3 is 0 Å². The normalized spacial score (nSPS) is 12.9. The fraction of sp³-hybridized carbons (Fsp3) is 0.462. The van der Waals surface area contributed by atoms with Gasteiger partial charge in [-0.25, -0.2) is 8.42 Å². The maximum Gasteiger partial charge on any atom is 0.251 e. The average Bonchev–Trinajstić information content (AvgIpc) is 2.34. The molecule has 0 fully saturated rings. The lowest BCUT2D eigenvalue weighted by atomic mass is 10.2. The van der Waals surface area contributed by atoms with E-state index in [4.69, 9.17) is 5.73 Å². The first-order chi connectivity index (χ1) is 9.24. The standard InChI is InChI=1S/C13H20N2O3S2/c1-4-19-8-9(2)15-13(16)10-5-11(14)7-12(6-10)20(3,17)18/h5-7,9H,4,8,14H2,1-3H3,(H,15,16). The van der Waals surface area contributed by atoms with Gasteiger partial charge in [-0.1, -0.05) is 6.92 Å². The molecule has 1 rings (SSSR count). The Labute approximate surface area is 124 Å². The summed E-state index contributed by atoms with van der Waals surface area (Å²) in [5.41, 5.74) is 6.18. The number of nitrogens with two attached hydrogens (primary N) is 1. The molecular weight excluding hydrogens is 296 g/mol. The van der Waals surface area contributed by atoms with E-state index < -0.39 is 9.84 Å². The summed E-state index contributed by atoms with van der Waals surface area (Å²) in [7, 11) is -3.39. The molecule has 0 aliphatic rings. The largest absolute Gasteiger partial charge is 0.399 e. The first kappa shape index (κ1) is 16.8. The van der Waals surface area contributed by atoms with Gasteiger partial charge in [-0.2, -0.15) is 11.8 Å². The first-order valence-electron chi connectivity index (χ1n) is 6.23. The smallest absolute Gasteiger partial charge is 0.251 e. The van der Waals surface area contributed by atoms with Crippen molar-refractivity contribution in [2.24, 2.45) is 0 Å².